The SMILES string of the molecule is Cc1ccccc1S(=O)(=O)NCc1ccnc(C2CCCO2)n1. The summed E-state index contributed by atoms with van der Waals surface area (Å²) < 4.78 is 32.9. The monoisotopic (exact) mass is 333 g/mol. The molecule has 0 spiro atoms. The first-order valence-corrected chi connectivity index (χ1v) is 9.03. The van der Waals surface area contributed by atoms with Crippen molar-refractivity contribution in [3.05, 3.63) is 53.6 Å². The summed E-state index contributed by atoms with van der Waals surface area (Å²) in [5.74, 6) is 0.620. The number of nitrogens with one attached hydrogen (secondary N) is 1. The Kier molecular flexibility index (Phi) is 4.70. The number of hydrogen-bond acceptors (Lipinski definition) is 5. The van der Waals surface area contributed by atoms with E-state index in [4.69, 9.17) is 4.74 Å². The van der Waals surface area contributed by atoms with Gasteiger partial charge in [0.05, 0.1) is 17.1 Å². The summed E-state index contributed by atoms with van der Waals surface area (Å²) in [6.45, 7) is 2.62. The maximum absolute atomic E-state index is 12.4. The van der Waals surface area contributed by atoms with Crippen molar-refractivity contribution >= 4 is 10.0 Å². The maximum Gasteiger partial charge on any atom is 0.241 e. The normalized spacial score (nSPS) is 18.2. The molecule has 1 fully saturated rings. The molecule has 1 aromatic carbocycles. The minimum atomic E-state index is -3.56. The lowest BCUT2D eigenvalue weighted by atomic mass is 10.2. The van der Waals surface area contributed by atoms with E-state index in [0.29, 0.717) is 17.1 Å². The molecule has 2 heterocycles. The van der Waals surface area contributed by atoms with Crippen molar-refractivity contribution in [1.29, 1.82) is 0 Å². The number of ether oxygens (including phenoxy) is 1. The van der Waals surface area contributed by atoms with Crippen molar-refractivity contribution in [3.63, 3.8) is 0 Å². The third kappa shape index (κ3) is 3.74. The summed E-state index contributed by atoms with van der Waals surface area (Å²) in [7, 11) is -3.56. The van der Waals surface area contributed by atoms with E-state index in [-0.39, 0.29) is 17.5 Å². The Bertz CT molecular complexity index is 787. The summed E-state index contributed by atoms with van der Waals surface area (Å²) in [6.07, 6.45) is 3.46. The van der Waals surface area contributed by atoms with Crippen LogP contribution in [0.5, 0.6) is 0 Å². The number of aryl methyl sites for hydroxylation is 1. The largest absolute Gasteiger partial charge is 0.370 e. The highest BCUT2D eigenvalue weighted by Crippen LogP contribution is 2.25. The number of nitrogens with zero attached hydrogens (tertiary/aromatic N) is 2. The van der Waals surface area contributed by atoms with Gasteiger partial charge in [0.1, 0.15) is 6.10 Å². The Hall–Kier alpha value is -1.83. The Labute approximate surface area is 136 Å². The van der Waals surface area contributed by atoms with Crippen LogP contribution >= 0.6 is 0 Å². The first kappa shape index (κ1) is 16.0. The van der Waals surface area contributed by atoms with Crippen molar-refractivity contribution in [3.8, 4) is 0 Å². The van der Waals surface area contributed by atoms with Gasteiger partial charge in [-0.1, -0.05) is 18.2 Å². The smallest absolute Gasteiger partial charge is 0.241 e. The van der Waals surface area contributed by atoms with Gasteiger partial charge in [-0.3, -0.25) is 0 Å². The lowest BCUT2D eigenvalue weighted by Crippen LogP contribution is -2.24. The second-order valence-corrected chi connectivity index (χ2v) is 7.23. The van der Waals surface area contributed by atoms with Crippen molar-refractivity contribution in [1.82, 2.24) is 14.7 Å². The van der Waals surface area contributed by atoms with Crippen LogP contribution in [0.15, 0.2) is 41.4 Å². The Morgan fingerprint density at radius 1 is 1.30 bits per heavy atom. The first-order valence-electron chi connectivity index (χ1n) is 7.55. The van der Waals surface area contributed by atoms with Gasteiger partial charge in [0.15, 0.2) is 5.82 Å². The molecule has 3 rings (SSSR count). The van der Waals surface area contributed by atoms with Crippen LogP contribution in [0.2, 0.25) is 0 Å². The quantitative estimate of drug-likeness (QED) is 0.906. The fourth-order valence-corrected chi connectivity index (χ4v) is 3.80. The molecule has 0 radical (unpaired) electrons. The second kappa shape index (κ2) is 6.74. The molecule has 1 aliphatic heterocycles. The highest BCUT2D eigenvalue weighted by Gasteiger charge is 2.21. The topological polar surface area (TPSA) is 81.2 Å². The molecule has 1 atom stereocenters. The molecular formula is C16H19N3O3S. The first-order chi connectivity index (χ1) is 11.1. The Balaban J connectivity index is 1.73. The van der Waals surface area contributed by atoms with Crippen molar-refractivity contribution in [2.24, 2.45) is 0 Å². The van der Waals surface area contributed by atoms with Crippen LogP contribution in [-0.2, 0) is 21.3 Å². The molecule has 1 saturated heterocycles. The number of benzene rings is 1. The molecule has 7 heteroatoms. The van der Waals surface area contributed by atoms with Gasteiger partial charge >= 0.3 is 0 Å². The predicted octanol–water partition coefficient (Wildman–Crippen LogP) is 2.12. The summed E-state index contributed by atoms with van der Waals surface area (Å²) in [5.41, 5.74) is 1.34. The van der Waals surface area contributed by atoms with Gasteiger partial charge in [-0.25, -0.2) is 23.1 Å². The minimum Gasteiger partial charge on any atom is -0.370 e. The van der Waals surface area contributed by atoms with Gasteiger partial charge in [0, 0.05) is 12.8 Å². The third-order valence-electron chi connectivity index (χ3n) is 3.78. The molecule has 1 aromatic heterocycles. The fraction of sp³-hybridized carbons (Fsp3) is 0.375. The fourth-order valence-electron chi connectivity index (χ4n) is 2.55. The number of sulfonamides is 1. The molecule has 23 heavy (non-hydrogen) atoms. The van der Waals surface area contributed by atoms with E-state index < -0.39 is 10.0 Å². The van der Waals surface area contributed by atoms with Gasteiger partial charge in [-0.15, -0.1) is 0 Å². The molecule has 1 N–H and O–H groups in total. The lowest BCUT2D eigenvalue weighted by molar-refractivity contribution is 0.105. The number of hydrogen-bond donors (Lipinski definition) is 1. The van der Waals surface area contributed by atoms with Gasteiger partial charge < -0.3 is 4.74 Å². The van der Waals surface area contributed by atoms with Gasteiger partial charge in [0.25, 0.3) is 0 Å². The predicted molar refractivity (Wildman–Crippen MR) is 85.2 cm³/mol. The van der Waals surface area contributed by atoms with E-state index in [2.05, 4.69) is 14.7 Å². The highest BCUT2D eigenvalue weighted by molar-refractivity contribution is 7.89. The molecule has 2 aromatic rings. The molecule has 0 saturated carbocycles. The average molecular weight is 333 g/mol. The molecular weight excluding hydrogens is 314 g/mol. The average Bonchev–Trinajstić information content (AvgIpc) is 3.08. The van der Waals surface area contributed by atoms with Gasteiger partial charge in [-0.05, 0) is 37.5 Å². The van der Waals surface area contributed by atoms with Gasteiger partial charge in [0.2, 0.25) is 10.0 Å². The summed E-state index contributed by atoms with van der Waals surface area (Å²) in [4.78, 5) is 8.92. The summed E-state index contributed by atoms with van der Waals surface area (Å²) >= 11 is 0. The van der Waals surface area contributed by atoms with E-state index in [9.17, 15) is 8.42 Å². The molecule has 6 nitrogen and oxygen atoms in total. The Morgan fingerprint density at radius 2 is 2.13 bits per heavy atom. The van der Waals surface area contributed by atoms with Crippen LogP contribution in [0.1, 0.15) is 36.0 Å². The summed E-state index contributed by atoms with van der Waals surface area (Å²) in [6, 6.07) is 8.59. The second-order valence-electron chi connectivity index (χ2n) is 5.50. The highest BCUT2D eigenvalue weighted by atomic mass is 32.2. The molecule has 0 aliphatic carbocycles. The van der Waals surface area contributed by atoms with Crippen LogP contribution in [0.4, 0.5) is 0 Å². The third-order valence-corrected chi connectivity index (χ3v) is 5.34. The minimum absolute atomic E-state index is 0.0806. The van der Waals surface area contributed by atoms with Crippen LogP contribution in [0.25, 0.3) is 0 Å². The van der Waals surface area contributed by atoms with E-state index in [1.165, 1.54) is 0 Å². The van der Waals surface area contributed by atoms with Crippen molar-refractivity contribution < 1.29 is 13.2 Å². The van der Waals surface area contributed by atoms with Crippen LogP contribution in [0.3, 0.4) is 0 Å². The van der Waals surface area contributed by atoms with Crippen LogP contribution < -0.4 is 4.72 Å². The molecule has 0 bridgehead atoms. The number of rotatable bonds is 5. The maximum atomic E-state index is 12.4. The zero-order valence-corrected chi connectivity index (χ0v) is 13.7. The molecule has 1 unspecified atom stereocenters. The van der Waals surface area contributed by atoms with Crippen LogP contribution in [0, 0.1) is 6.92 Å². The van der Waals surface area contributed by atoms with E-state index in [1.54, 1.807) is 37.4 Å². The molecule has 122 valence electrons. The Morgan fingerprint density at radius 3 is 2.87 bits per heavy atom. The van der Waals surface area contributed by atoms with Gasteiger partial charge in [-0.2, -0.15) is 0 Å². The van der Waals surface area contributed by atoms with E-state index >= 15 is 0 Å². The van der Waals surface area contributed by atoms with Crippen molar-refractivity contribution in [2.45, 2.75) is 37.3 Å². The summed E-state index contributed by atoms with van der Waals surface area (Å²) in [5, 5.41) is 0. The molecule has 0 amide bonds. The number of aromatic nitrogens is 2. The van der Waals surface area contributed by atoms with E-state index in [0.717, 1.165) is 19.4 Å². The van der Waals surface area contributed by atoms with Crippen LogP contribution in [-0.4, -0.2) is 25.0 Å². The molecule has 1 aliphatic rings. The van der Waals surface area contributed by atoms with E-state index in [1.807, 2.05) is 6.07 Å². The zero-order valence-electron chi connectivity index (χ0n) is 12.9. The standard InChI is InChI=1S/C16H19N3O3S/c1-12-5-2-3-7-15(12)23(20,21)18-11-13-8-9-17-16(19-13)14-6-4-10-22-14/h2-3,5,7-9,14,18H,4,6,10-11H2,1H3. The van der Waals surface area contributed by atoms with Crippen molar-refractivity contribution in [2.75, 3.05) is 6.61 Å². The lowest BCUT2D eigenvalue weighted by Gasteiger charge is -2.11. The zero-order chi connectivity index (χ0) is 16.3.